The molecule has 0 spiro atoms. The number of amides is 1. The fraction of sp³-hybridized carbons (Fsp3) is 0.167. The molecule has 1 heterocycles. The summed E-state index contributed by atoms with van der Waals surface area (Å²) in [6.45, 7) is -0.453. The molecule has 1 aromatic heterocycles. The summed E-state index contributed by atoms with van der Waals surface area (Å²) in [5.74, 6) is -0.0335. The molecule has 0 saturated heterocycles. The summed E-state index contributed by atoms with van der Waals surface area (Å²) in [7, 11) is 3.05. The maximum atomic E-state index is 11.8. The number of anilines is 1. The van der Waals surface area contributed by atoms with Gasteiger partial charge in [0.15, 0.2) is 6.61 Å². The molecule has 8 heteroatoms. The lowest BCUT2D eigenvalue weighted by Gasteiger charge is -2.07. The van der Waals surface area contributed by atoms with Gasteiger partial charge in [-0.25, -0.2) is 4.79 Å². The molecule has 0 unspecified atom stereocenters. The summed E-state index contributed by atoms with van der Waals surface area (Å²) in [6.07, 6.45) is 2.72. The van der Waals surface area contributed by atoms with Gasteiger partial charge >= 0.3 is 5.97 Å². The summed E-state index contributed by atoms with van der Waals surface area (Å²) in [6, 6.07) is 8.70. The zero-order valence-corrected chi connectivity index (χ0v) is 15.0. The highest BCUT2D eigenvalue weighted by atomic mass is 32.1. The van der Waals surface area contributed by atoms with E-state index in [1.165, 1.54) is 30.6 Å². The second kappa shape index (κ2) is 9.25. The molecule has 0 saturated carbocycles. The van der Waals surface area contributed by atoms with Crippen molar-refractivity contribution in [3.05, 3.63) is 46.8 Å². The molecule has 134 valence electrons. The van der Waals surface area contributed by atoms with Crippen LogP contribution < -0.4 is 14.8 Å². The lowest BCUT2D eigenvalue weighted by Crippen LogP contribution is -2.20. The molecule has 26 heavy (non-hydrogen) atoms. The second-order valence-corrected chi connectivity index (χ2v) is 5.79. The number of nitriles is 1. The molecular weight excluding hydrogens is 356 g/mol. The molecule has 2 aromatic rings. The predicted octanol–water partition coefficient (Wildman–Crippen LogP) is 2.83. The third kappa shape index (κ3) is 5.09. The number of carbonyl (C=O) groups is 2. The molecule has 1 aromatic carbocycles. The number of esters is 1. The zero-order valence-electron chi connectivity index (χ0n) is 14.1. The standard InChI is InChI=1S/C18H16N2O5S/c1-23-14-5-3-12(15(9-14)24-2)4-6-17(22)25-11-16(21)20-18-13(10-19)7-8-26-18/h3-9H,11H2,1-2H3,(H,20,21)/b6-4+. The zero-order chi connectivity index (χ0) is 18.9. The van der Waals surface area contributed by atoms with Gasteiger partial charge in [0.05, 0.1) is 19.8 Å². The molecule has 0 fully saturated rings. The van der Waals surface area contributed by atoms with Crippen molar-refractivity contribution in [3.63, 3.8) is 0 Å². The van der Waals surface area contributed by atoms with Gasteiger partial charge in [0.2, 0.25) is 0 Å². The van der Waals surface area contributed by atoms with Crippen LogP contribution in [0.4, 0.5) is 5.00 Å². The van der Waals surface area contributed by atoms with Gasteiger partial charge in [0, 0.05) is 17.7 Å². The van der Waals surface area contributed by atoms with E-state index in [2.05, 4.69) is 5.32 Å². The largest absolute Gasteiger partial charge is 0.497 e. The Labute approximate surface area is 154 Å². The summed E-state index contributed by atoms with van der Waals surface area (Å²) < 4.78 is 15.2. The van der Waals surface area contributed by atoms with Crippen molar-refractivity contribution in [1.29, 1.82) is 5.26 Å². The van der Waals surface area contributed by atoms with Gasteiger partial charge in [0.25, 0.3) is 5.91 Å². The fourth-order valence-corrected chi connectivity index (χ4v) is 2.71. The maximum Gasteiger partial charge on any atom is 0.331 e. The van der Waals surface area contributed by atoms with Crippen molar-refractivity contribution in [1.82, 2.24) is 0 Å². The number of nitrogens with one attached hydrogen (secondary N) is 1. The lowest BCUT2D eigenvalue weighted by atomic mass is 10.2. The van der Waals surface area contributed by atoms with Crippen molar-refractivity contribution < 1.29 is 23.8 Å². The third-order valence-electron chi connectivity index (χ3n) is 3.22. The van der Waals surface area contributed by atoms with Gasteiger partial charge in [0.1, 0.15) is 22.6 Å². The van der Waals surface area contributed by atoms with Gasteiger partial charge in [-0.2, -0.15) is 5.26 Å². The molecule has 7 nitrogen and oxygen atoms in total. The van der Waals surface area contributed by atoms with E-state index >= 15 is 0 Å². The maximum absolute atomic E-state index is 11.8. The molecule has 0 radical (unpaired) electrons. The van der Waals surface area contributed by atoms with Gasteiger partial charge < -0.3 is 19.5 Å². The monoisotopic (exact) mass is 372 g/mol. The van der Waals surface area contributed by atoms with Crippen LogP contribution >= 0.6 is 11.3 Å². The summed E-state index contributed by atoms with van der Waals surface area (Å²) in [4.78, 5) is 23.5. The first-order valence-corrected chi connectivity index (χ1v) is 8.29. The number of carbonyl (C=O) groups excluding carboxylic acids is 2. The van der Waals surface area contributed by atoms with Crippen LogP contribution in [0.1, 0.15) is 11.1 Å². The van der Waals surface area contributed by atoms with E-state index in [9.17, 15) is 9.59 Å². The average Bonchev–Trinajstić information content (AvgIpc) is 3.11. The minimum Gasteiger partial charge on any atom is -0.497 e. The summed E-state index contributed by atoms with van der Waals surface area (Å²) in [5.41, 5.74) is 1.02. The van der Waals surface area contributed by atoms with Gasteiger partial charge in [-0.15, -0.1) is 11.3 Å². The first-order valence-electron chi connectivity index (χ1n) is 7.41. The fourth-order valence-electron chi connectivity index (χ4n) is 1.96. The Kier molecular flexibility index (Phi) is 6.76. The van der Waals surface area contributed by atoms with E-state index in [0.717, 1.165) is 0 Å². The Hall–Kier alpha value is -3.31. The molecular formula is C18H16N2O5S. The van der Waals surface area contributed by atoms with Crippen molar-refractivity contribution >= 4 is 34.3 Å². The molecule has 1 N–H and O–H groups in total. The highest BCUT2D eigenvalue weighted by Gasteiger charge is 2.10. The molecule has 2 rings (SSSR count). The average molecular weight is 372 g/mol. The SMILES string of the molecule is COc1ccc(/C=C/C(=O)OCC(=O)Nc2sccc2C#N)c(OC)c1. The molecule has 0 aliphatic rings. The number of hydrogen-bond acceptors (Lipinski definition) is 7. The van der Waals surface area contributed by atoms with Crippen molar-refractivity contribution in [2.75, 3.05) is 26.1 Å². The predicted molar refractivity (Wildman–Crippen MR) is 97.2 cm³/mol. The van der Waals surface area contributed by atoms with Crippen molar-refractivity contribution in [2.24, 2.45) is 0 Å². The minimum absolute atomic E-state index is 0.362. The molecule has 0 atom stereocenters. The van der Waals surface area contributed by atoms with E-state index in [4.69, 9.17) is 19.5 Å². The van der Waals surface area contributed by atoms with Crippen molar-refractivity contribution in [3.8, 4) is 17.6 Å². The number of nitrogens with zero attached hydrogens (tertiary/aromatic N) is 1. The van der Waals surface area contributed by atoms with Gasteiger partial charge in [-0.3, -0.25) is 4.79 Å². The Morgan fingerprint density at radius 1 is 1.27 bits per heavy atom. The summed E-state index contributed by atoms with van der Waals surface area (Å²) in [5, 5.41) is 13.5. The van der Waals surface area contributed by atoms with Crippen LogP contribution in [-0.2, 0) is 14.3 Å². The number of benzene rings is 1. The molecule has 0 bridgehead atoms. The lowest BCUT2D eigenvalue weighted by molar-refractivity contribution is -0.142. The Bertz CT molecular complexity index is 867. The number of ether oxygens (including phenoxy) is 3. The highest BCUT2D eigenvalue weighted by Crippen LogP contribution is 2.25. The van der Waals surface area contributed by atoms with E-state index in [1.807, 2.05) is 6.07 Å². The van der Waals surface area contributed by atoms with E-state index < -0.39 is 18.5 Å². The first kappa shape index (κ1) is 19.0. The van der Waals surface area contributed by atoms with Crippen LogP contribution in [0.15, 0.2) is 35.7 Å². The Morgan fingerprint density at radius 2 is 2.08 bits per heavy atom. The quantitative estimate of drug-likeness (QED) is 0.593. The normalized spacial score (nSPS) is 10.2. The molecule has 0 aliphatic carbocycles. The van der Waals surface area contributed by atoms with Gasteiger partial charge in [-0.1, -0.05) is 0 Å². The van der Waals surface area contributed by atoms with Gasteiger partial charge in [-0.05, 0) is 29.7 Å². The summed E-state index contributed by atoms with van der Waals surface area (Å²) >= 11 is 1.22. The van der Waals surface area contributed by atoms with E-state index in [0.29, 0.717) is 27.6 Å². The number of rotatable bonds is 7. The molecule has 0 aliphatic heterocycles. The van der Waals surface area contributed by atoms with Crippen LogP contribution in [0.5, 0.6) is 11.5 Å². The van der Waals surface area contributed by atoms with Crippen LogP contribution in [0.2, 0.25) is 0 Å². The smallest absolute Gasteiger partial charge is 0.331 e. The minimum atomic E-state index is -0.676. The van der Waals surface area contributed by atoms with E-state index in [1.54, 1.807) is 36.8 Å². The number of thiophene rings is 1. The second-order valence-electron chi connectivity index (χ2n) is 4.87. The first-order chi connectivity index (χ1) is 12.6. The van der Waals surface area contributed by atoms with E-state index in [-0.39, 0.29) is 0 Å². The third-order valence-corrected chi connectivity index (χ3v) is 4.05. The van der Waals surface area contributed by atoms with Crippen LogP contribution in [0, 0.1) is 11.3 Å². The topological polar surface area (TPSA) is 97.6 Å². The van der Waals surface area contributed by atoms with Crippen LogP contribution in [0.3, 0.4) is 0 Å². The van der Waals surface area contributed by atoms with Crippen molar-refractivity contribution in [2.45, 2.75) is 0 Å². The number of hydrogen-bond donors (Lipinski definition) is 1. The Balaban J connectivity index is 1.89. The van der Waals surface area contributed by atoms with Crippen LogP contribution in [0.25, 0.3) is 6.08 Å². The highest BCUT2D eigenvalue weighted by molar-refractivity contribution is 7.14. The Morgan fingerprint density at radius 3 is 2.77 bits per heavy atom. The number of methoxy groups -OCH3 is 2. The molecule has 1 amide bonds. The van der Waals surface area contributed by atoms with Crippen LogP contribution in [-0.4, -0.2) is 32.7 Å².